The predicted molar refractivity (Wildman–Crippen MR) is 82.6 cm³/mol. The van der Waals surface area contributed by atoms with Crippen LogP contribution in [0.2, 0.25) is 5.02 Å². The van der Waals surface area contributed by atoms with Crippen molar-refractivity contribution in [3.63, 3.8) is 0 Å². The summed E-state index contributed by atoms with van der Waals surface area (Å²) in [5, 5.41) is 6.94. The van der Waals surface area contributed by atoms with E-state index in [1.54, 1.807) is 29.0 Å². The maximum absolute atomic E-state index is 5.91. The van der Waals surface area contributed by atoms with Gasteiger partial charge in [0.1, 0.15) is 11.4 Å². The quantitative estimate of drug-likeness (QED) is 0.418. The van der Waals surface area contributed by atoms with E-state index in [2.05, 4.69) is 21.6 Å². The summed E-state index contributed by atoms with van der Waals surface area (Å²) in [6, 6.07) is 7.48. The number of hydrogen-bond donors (Lipinski definition) is 0. The van der Waals surface area contributed by atoms with Crippen LogP contribution in [0.3, 0.4) is 0 Å². The highest BCUT2D eigenvalue weighted by Crippen LogP contribution is 2.25. The summed E-state index contributed by atoms with van der Waals surface area (Å²) in [5.74, 6) is 0.804. The van der Waals surface area contributed by atoms with Crippen molar-refractivity contribution in [2.75, 3.05) is 5.75 Å². The fourth-order valence-corrected chi connectivity index (χ4v) is 2.67. The number of fused-ring (bicyclic) bond motifs is 1. The van der Waals surface area contributed by atoms with Crippen molar-refractivity contribution in [2.45, 2.75) is 5.03 Å². The molecule has 0 bridgehead atoms. The Balaban J connectivity index is 2.09. The topological polar surface area (TPSA) is 43.6 Å². The van der Waals surface area contributed by atoms with E-state index < -0.39 is 0 Å². The highest BCUT2D eigenvalue weighted by atomic mass is 35.5. The van der Waals surface area contributed by atoms with Crippen LogP contribution in [0, 0.1) is 0 Å². The molecule has 6 heteroatoms. The lowest BCUT2D eigenvalue weighted by atomic mass is 10.3. The molecule has 0 aliphatic rings. The molecule has 0 saturated carbocycles. The lowest BCUT2D eigenvalue weighted by Crippen LogP contribution is -1.97. The van der Waals surface area contributed by atoms with Gasteiger partial charge in [-0.3, -0.25) is 0 Å². The molecule has 0 aliphatic heterocycles. The number of rotatable bonds is 4. The van der Waals surface area contributed by atoms with Crippen molar-refractivity contribution in [1.29, 1.82) is 0 Å². The molecule has 0 unspecified atom stereocenters. The van der Waals surface area contributed by atoms with Crippen LogP contribution >= 0.6 is 23.4 Å². The molecule has 2 heterocycles. The minimum Gasteiger partial charge on any atom is -0.229 e. The van der Waals surface area contributed by atoms with Crippen LogP contribution in [0.5, 0.6) is 0 Å². The molecule has 20 heavy (non-hydrogen) atoms. The lowest BCUT2D eigenvalue weighted by molar-refractivity contribution is 0.893. The largest absolute Gasteiger partial charge is 0.229 e. The average molecular weight is 303 g/mol. The van der Waals surface area contributed by atoms with Gasteiger partial charge in [0.2, 0.25) is 0 Å². The van der Waals surface area contributed by atoms with E-state index in [-0.39, 0.29) is 0 Å². The second kappa shape index (κ2) is 5.64. The zero-order valence-corrected chi connectivity index (χ0v) is 12.1. The van der Waals surface area contributed by atoms with Crippen LogP contribution in [0.4, 0.5) is 0 Å². The molecule has 3 rings (SSSR count). The van der Waals surface area contributed by atoms with Crippen molar-refractivity contribution < 1.29 is 0 Å². The summed E-state index contributed by atoms with van der Waals surface area (Å²) in [4.78, 5) is 8.62. The van der Waals surface area contributed by atoms with Crippen molar-refractivity contribution in [2.24, 2.45) is 0 Å². The number of benzene rings is 1. The number of halogens is 1. The van der Waals surface area contributed by atoms with Gasteiger partial charge in [0.25, 0.3) is 0 Å². The summed E-state index contributed by atoms with van der Waals surface area (Å²) >= 11 is 7.52. The Morgan fingerprint density at radius 3 is 2.80 bits per heavy atom. The third-order valence-electron chi connectivity index (χ3n) is 2.74. The minimum absolute atomic E-state index is 0.696. The SMILES string of the molecule is C=CCSc1ncnc2c1cnn2-c1ccc(Cl)cc1. The van der Waals surface area contributed by atoms with Crippen LogP contribution in [0.25, 0.3) is 16.7 Å². The first-order valence-corrected chi connectivity index (χ1v) is 7.34. The molecule has 2 aromatic heterocycles. The molecule has 0 saturated heterocycles. The first-order valence-electron chi connectivity index (χ1n) is 5.98. The van der Waals surface area contributed by atoms with Crippen molar-refractivity contribution in [3.05, 3.63) is 54.5 Å². The van der Waals surface area contributed by atoms with Gasteiger partial charge in [-0.2, -0.15) is 5.10 Å². The zero-order chi connectivity index (χ0) is 13.9. The van der Waals surface area contributed by atoms with Gasteiger partial charge in [-0.25, -0.2) is 14.6 Å². The molecule has 0 radical (unpaired) electrons. The first-order chi connectivity index (χ1) is 9.79. The van der Waals surface area contributed by atoms with Gasteiger partial charge in [0.15, 0.2) is 5.65 Å². The van der Waals surface area contributed by atoms with Crippen LogP contribution in [0.1, 0.15) is 0 Å². The molecular formula is C14H11ClN4S. The van der Waals surface area contributed by atoms with Gasteiger partial charge >= 0.3 is 0 Å². The molecular weight excluding hydrogens is 292 g/mol. The zero-order valence-electron chi connectivity index (χ0n) is 10.5. The third-order valence-corrected chi connectivity index (χ3v) is 3.99. The van der Waals surface area contributed by atoms with Crippen LogP contribution in [-0.4, -0.2) is 25.5 Å². The molecule has 4 nitrogen and oxygen atoms in total. The van der Waals surface area contributed by atoms with E-state index in [1.165, 1.54) is 0 Å². The molecule has 3 aromatic rings. The predicted octanol–water partition coefficient (Wildman–Crippen LogP) is 3.75. The molecule has 0 amide bonds. The van der Waals surface area contributed by atoms with E-state index in [0.717, 1.165) is 27.5 Å². The van der Waals surface area contributed by atoms with E-state index in [9.17, 15) is 0 Å². The number of nitrogens with zero attached hydrogens (tertiary/aromatic N) is 4. The Labute approximate surface area is 125 Å². The van der Waals surface area contributed by atoms with Crippen molar-refractivity contribution in [3.8, 4) is 5.69 Å². The Bertz CT molecular complexity index is 751. The van der Waals surface area contributed by atoms with Gasteiger partial charge in [0.05, 0.1) is 17.3 Å². The summed E-state index contributed by atoms with van der Waals surface area (Å²) in [7, 11) is 0. The number of aromatic nitrogens is 4. The lowest BCUT2D eigenvalue weighted by Gasteiger charge is -2.03. The summed E-state index contributed by atoms with van der Waals surface area (Å²) in [5.41, 5.74) is 1.71. The highest BCUT2D eigenvalue weighted by molar-refractivity contribution is 7.99. The summed E-state index contributed by atoms with van der Waals surface area (Å²) in [6.07, 6.45) is 5.19. The van der Waals surface area contributed by atoms with E-state index in [0.29, 0.717) is 5.02 Å². The maximum atomic E-state index is 5.91. The minimum atomic E-state index is 0.696. The van der Waals surface area contributed by atoms with Crippen molar-refractivity contribution in [1.82, 2.24) is 19.7 Å². The normalized spacial score (nSPS) is 10.8. The highest BCUT2D eigenvalue weighted by Gasteiger charge is 2.10. The first kappa shape index (κ1) is 13.1. The summed E-state index contributed by atoms with van der Waals surface area (Å²) in [6.45, 7) is 3.72. The van der Waals surface area contributed by atoms with Gasteiger partial charge in [0, 0.05) is 10.8 Å². The molecule has 0 fully saturated rings. The smallest absolute Gasteiger partial charge is 0.167 e. The Hall–Kier alpha value is -1.85. The van der Waals surface area contributed by atoms with Crippen LogP contribution in [0.15, 0.2) is 54.5 Å². The fourth-order valence-electron chi connectivity index (χ4n) is 1.85. The number of thioether (sulfide) groups is 1. The Morgan fingerprint density at radius 1 is 1.25 bits per heavy atom. The molecule has 100 valence electrons. The standard InChI is InChI=1S/C14H11ClN4S/c1-2-7-20-14-12-8-18-19(13(12)16-9-17-14)11-5-3-10(15)4-6-11/h2-6,8-9H,1,7H2. The maximum Gasteiger partial charge on any atom is 0.167 e. The molecule has 0 spiro atoms. The second-order valence-electron chi connectivity index (χ2n) is 4.05. The van der Waals surface area contributed by atoms with Crippen molar-refractivity contribution >= 4 is 34.4 Å². The van der Waals surface area contributed by atoms with Crippen LogP contribution < -0.4 is 0 Å². The van der Waals surface area contributed by atoms with Gasteiger partial charge in [-0.1, -0.05) is 17.7 Å². The van der Waals surface area contributed by atoms with E-state index in [1.807, 2.05) is 30.3 Å². The van der Waals surface area contributed by atoms with Gasteiger partial charge in [-0.05, 0) is 24.3 Å². The Morgan fingerprint density at radius 2 is 2.05 bits per heavy atom. The molecule has 0 aliphatic carbocycles. The van der Waals surface area contributed by atoms with Gasteiger partial charge in [-0.15, -0.1) is 18.3 Å². The third kappa shape index (κ3) is 2.42. The molecule has 0 N–H and O–H groups in total. The second-order valence-corrected chi connectivity index (χ2v) is 5.49. The van der Waals surface area contributed by atoms with E-state index in [4.69, 9.17) is 11.6 Å². The van der Waals surface area contributed by atoms with Gasteiger partial charge < -0.3 is 0 Å². The van der Waals surface area contributed by atoms with Crippen LogP contribution in [-0.2, 0) is 0 Å². The Kier molecular flexibility index (Phi) is 3.71. The number of hydrogen-bond acceptors (Lipinski definition) is 4. The monoisotopic (exact) mass is 302 g/mol. The summed E-state index contributed by atoms with van der Waals surface area (Å²) < 4.78 is 1.78. The van der Waals surface area contributed by atoms with E-state index >= 15 is 0 Å². The fraction of sp³-hybridized carbons (Fsp3) is 0.0714. The molecule has 1 aromatic carbocycles. The average Bonchev–Trinajstić information content (AvgIpc) is 2.90. The molecule has 0 atom stereocenters.